The first-order valence-electron chi connectivity index (χ1n) is 7.86. The topological polar surface area (TPSA) is 46.2 Å². The van der Waals surface area contributed by atoms with E-state index < -0.39 is 0 Å². The van der Waals surface area contributed by atoms with Crippen LogP contribution in [-0.2, 0) is 4.79 Å². The van der Waals surface area contributed by atoms with Crippen molar-refractivity contribution in [3.8, 4) is 0 Å². The minimum Gasteiger partial charge on any atom is -0.325 e. The van der Waals surface area contributed by atoms with Crippen molar-refractivity contribution in [1.29, 1.82) is 0 Å². The molecule has 2 rings (SSSR count). The lowest BCUT2D eigenvalue weighted by molar-refractivity contribution is -0.126. The Morgan fingerprint density at radius 2 is 1.81 bits per heavy atom. The summed E-state index contributed by atoms with van der Waals surface area (Å²) in [6, 6.07) is 7.26. The Hall–Kier alpha value is -1.64. The average molecular weight is 287 g/mol. The van der Waals surface area contributed by atoms with Gasteiger partial charge in [0, 0.05) is 11.0 Å². The first-order valence-corrected chi connectivity index (χ1v) is 7.86. The molecule has 21 heavy (non-hydrogen) atoms. The lowest BCUT2D eigenvalue weighted by atomic mass is 9.77. The standard InChI is InChI=1S/C18H25NO2/c1-13(2)12-18(10-6-7-11-18)17(21)19-16-9-5-4-8-15(16)14(3)20/h4-5,8-9,13H,6-7,10-12H2,1-3H3,(H,19,21). The summed E-state index contributed by atoms with van der Waals surface area (Å²) < 4.78 is 0. The summed E-state index contributed by atoms with van der Waals surface area (Å²) in [7, 11) is 0. The zero-order chi connectivity index (χ0) is 15.5. The fraction of sp³-hybridized carbons (Fsp3) is 0.556. The van der Waals surface area contributed by atoms with Gasteiger partial charge in [-0.25, -0.2) is 0 Å². The molecule has 1 aliphatic carbocycles. The molecular weight excluding hydrogens is 262 g/mol. The van der Waals surface area contributed by atoms with Crippen LogP contribution in [0, 0.1) is 11.3 Å². The van der Waals surface area contributed by atoms with Crippen LogP contribution in [0.4, 0.5) is 5.69 Å². The van der Waals surface area contributed by atoms with E-state index in [1.807, 2.05) is 18.2 Å². The Bertz CT molecular complexity index is 528. The summed E-state index contributed by atoms with van der Waals surface area (Å²) in [5.41, 5.74) is 0.978. The average Bonchev–Trinajstić information content (AvgIpc) is 2.88. The molecule has 1 aliphatic rings. The summed E-state index contributed by atoms with van der Waals surface area (Å²) in [6.07, 6.45) is 5.07. The van der Waals surface area contributed by atoms with Crippen molar-refractivity contribution in [3.05, 3.63) is 29.8 Å². The molecule has 3 heteroatoms. The van der Waals surface area contributed by atoms with Crippen LogP contribution in [0.15, 0.2) is 24.3 Å². The number of para-hydroxylation sites is 1. The predicted molar refractivity (Wildman–Crippen MR) is 85.4 cm³/mol. The van der Waals surface area contributed by atoms with Crippen molar-refractivity contribution in [3.63, 3.8) is 0 Å². The van der Waals surface area contributed by atoms with Crippen LogP contribution in [0.25, 0.3) is 0 Å². The number of ketones is 1. The molecule has 0 radical (unpaired) electrons. The van der Waals surface area contributed by atoms with E-state index in [4.69, 9.17) is 0 Å². The fourth-order valence-corrected chi connectivity index (χ4v) is 3.51. The molecule has 0 saturated heterocycles. The van der Waals surface area contributed by atoms with Gasteiger partial charge in [0.15, 0.2) is 5.78 Å². The Morgan fingerprint density at radius 3 is 2.38 bits per heavy atom. The molecule has 1 amide bonds. The van der Waals surface area contributed by atoms with Gasteiger partial charge in [0.05, 0.1) is 5.69 Å². The monoisotopic (exact) mass is 287 g/mol. The lowest BCUT2D eigenvalue weighted by Crippen LogP contribution is -2.35. The molecule has 1 N–H and O–H groups in total. The van der Waals surface area contributed by atoms with Gasteiger partial charge in [-0.05, 0) is 44.2 Å². The highest BCUT2D eigenvalue weighted by molar-refractivity contribution is 6.04. The predicted octanol–water partition coefficient (Wildman–Crippen LogP) is 4.43. The molecular formula is C18H25NO2. The van der Waals surface area contributed by atoms with Crippen LogP contribution in [0.5, 0.6) is 0 Å². The molecule has 1 fully saturated rings. The molecule has 0 aromatic heterocycles. The molecule has 0 atom stereocenters. The van der Waals surface area contributed by atoms with E-state index in [9.17, 15) is 9.59 Å². The van der Waals surface area contributed by atoms with Gasteiger partial charge in [-0.2, -0.15) is 0 Å². The number of carbonyl (C=O) groups is 2. The van der Waals surface area contributed by atoms with Crippen LogP contribution >= 0.6 is 0 Å². The van der Waals surface area contributed by atoms with Gasteiger partial charge in [-0.3, -0.25) is 9.59 Å². The lowest BCUT2D eigenvalue weighted by Gasteiger charge is -2.29. The summed E-state index contributed by atoms with van der Waals surface area (Å²) in [5, 5.41) is 3.02. The normalized spacial score (nSPS) is 17.0. The second-order valence-corrected chi connectivity index (χ2v) is 6.64. The van der Waals surface area contributed by atoms with Crippen LogP contribution < -0.4 is 5.32 Å². The number of Topliss-reactive ketones (excluding diaryl/α,β-unsaturated/α-hetero) is 1. The molecule has 114 valence electrons. The number of hydrogen-bond donors (Lipinski definition) is 1. The Balaban J connectivity index is 2.22. The second kappa shape index (κ2) is 6.42. The third-order valence-corrected chi connectivity index (χ3v) is 4.40. The molecule has 0 aliphatic heterocycles. The zero-order valence-corrected chi connectivity index (χ0v) is 13.2. The van der Waals surface area contributed by atoms with Crippen LogP contribution in [0.2, 0.25) is 0 Å². The zero-order valence-electron chi connectivity index (χ0n) is 13.2. The highest BCUT2D eigenvalue weighted by Gasteiger charge is 2.41. The molecule has 1 aromatic rings. The Morgan fingerprint density at radius 1 is 1.19 bits per heavy atom. The van der Waals surface area contributed by atoms with Crippen molar-refractivity contribution >= 4 is 17.4 Å². The number of hydrogen-bond acceptors (Lipinski definition) is 2. The molecule has 1 saturated carbocycles. The maximum Gasteiger partial charge on any atom is 0.230 e. The number of anilines is 1. The smallest absolute Gasteiger partial charge is 0.230 e. The van der Waals surface area contributed by atoms with Crippen molar-refractivity contribution in [2.75, 3.05) is 5.32 Å². The van der Waals surface area contributed by atoms with Gasteiger partial charge >= 0.3 is 0 Å². The third-order valence-electron chi connectivity index (χ3n) is 4.40. The maximum atomic E-state index is 12.8. The Labute approximate surface area is 127 Å². The second-order valence-electron chi connectivity index (χ2n) is 6.64. The minimum absolute atomic E-state index is 0.0183. The third kappa shape index (κ3) is 3.52. The van der Waals surface area contributed by atoms with Crippen LogP contribution in [-0.4, -0.2) is 11.7 Å². The summed E-state index contributed by atoms with van der Waals surface area (Å²) >= 11 is 0. The van der Waals surface area contributed by atoms with Crippen LogP contribution in [0.1, 0.15) is 63.2 Å². The van der Waals surface area contributed by atoms with E-state index >= 15 is 0 Å². The molecule has 1 aromatic carbocycles. The van der Waals surface area contributed by atoms with E-state index in [2.05, 4.69) is 19.2 Å². The quantitative estimate of drug-likeness (QED) is 0.814. The first-order chi connectivity index (χ1) is 9.94. The van der Waals surface area contributed by atoms with Crippen molar-refractivity contribution in [1.82, 2.24) is 0 Å². The first kappa shape index (κ1) is 15.7. The van der Waals surface area contributed by atoms with Gasteiger partial charge in [-0.15, -0.1) is 0 Å². The van der Waals surface area contributed by atoms with Gasteiger partial charge < -0.3 is 5.32 Å². The van der Waals surface area contributed by atoms with Crippen LogP contribution in [0.3, 0.4) is 0 Å². The molecule has 0 unspecified atom stereocenters. The summed E-state index contributed by atoms with van der Waals surface area (Å²) in [4.78, 5) is 24.5. The minimum atomic E-state index is -0.252. The maximum absolute atomic E-state index is 12.8. The fourth-order valence-electron chi connectivity index (χ4n) is 3.51. The highest BCUT2D eigenvalue weighted by atomic mass is 16.2. The van der Waals surface area contributed by atoms with Gasteiger partial charge in [-0.1, -0.05) is 38.8 Å². The van der Waals surface area contributed by atoms with E-state index in [-0.39, 0.29) is 17.1 Å². The molecule has 3 nitrogen and oxygen atoms in total. The number of amides is 1. The summed E-state index contributed by atoms with van der Waals surface area (Å²) in [5.74, 6) is 0.564. The van der Waals surface area contributed by atoms with Crippen molar-refractivity contribution < 1.29 is 9.59 Å². The van der Waals surface area contributed by atoms with E-state index in [0.29, 0.717) is 17.2 Å². The Kier molecular flexibility index (Phi) is 4.81. The largest absolute Gasteiger partial charge is 0.325 e. The SMILES string of the molecule is CC(=O)c1ccccc1NC(=O)C1(CC(C)C)CCCC1. The van der Waals surface area contributed by atoms with Crippen molar-refractivity contribution in [2.24, 2.45) is 11.3 Å². The highest BCUT2D eigenvalue weighted by Crippen LogP contribution is 2.44. The number of carbonyl (C=O) groups excluding carboxylic acids is 2. The van der Waals surface area contributed by atoms with Gasteiger partial charge in [0.2, 0.25) is 5.91 Å². The van der Waals surface area contributed by atoms with E-state index in [1.54, 1.807) is 6.07 Å². The number of rotatable bonds is 5. The van der Waals surface area contributed by atoms with Gasteiger partial charge in [0.1, 0.15) is 0 Å². The van der Waals surface area contributed by atoms with Gasteiger partial charge in [0.25, 0.3) is 0 Å². The molecule has 0 bridgehead atoms. The number of nitrogens with one attached hydrogen (secondary N) is 1. The van der Waals surface area contributed by atoms with E-state index in [1.165, 1.54) is 6.92 Å². The van der Waals surface area contributed by atoms with E-state index in [0.717, 1.165) is 32.1 Å². The molecule has 0 heterocycles. The molecule has 0 spiro atoms. The number of benzene rings is 1. The van der Waals surface area contributed by atoms with Crippen molar-refractivity contribution in [2.45, 2.75) is 52.9 Å². The summed E-state index contributed by atoms with van der Waals surface area (Å²) in [6.45, 7) is 5.86.